The van der Waals surface area contributed by atoms with Crippen LogP contribution in [-0.4, -0.2) is 28.5 Å². The minimum absolute atomic E-state index is 0.343. The van der Waals surface area contributed by atoms with E-state index in [1.54, 1.807) is 0 Å². The highest BCUT2D eigenvalue weighted by Gasteiger charge is 1.99. The van der Waals surface area contributed by atoms with E-state index in [-0.39, 0.29) is 0 Å². The summed E-state index contributed by atoms with van der Waals surface area (Å²) in [6.07, 6.45) is 7.22. The number of aromatic nitrogens is 1. The average molecular weight is 283 g/mol. The molecule has 1 aromatic rings. The molecule has 1 rings (SSSR count). The van der Waals surface area contributed by atoms with E-state index < -0.39 is 0 Å². The molecule has 100 valence electrons. The topological polar surface area (TPSA) is 50.9 Å². The second-order valence-corrected chi connectivity index (χ2v) is 5.53. The van der Waals surface area contributed by atoms with Gasteiger partial charge < -0.3 is 11.1 Å². The van der Waals surface area contributed by atoms with Crippen molar-refractivity contribution < 1.29 is 0 Å². The van der Waals surface area contributed by atoms with Crippen LogP contribution in [0, 0.1) is 0 Å². The predicted octanol–water partition coefficient (Wildman–Crippen LogP) is 3.05. The first kappa shape index (κ1) is 15.2. The number of thiocarbonyl (C=S) groups is 1. The summed E-state index contributed by atoms with van der Waals surface area (Å²) in [5, 5.41) is 3.30. The maximum atomic E-state index is 5.54. The van der Waals surface area contributed by atoms with E-state index in [1.807, 2.05) is 30.0 Å². The number of thioether (sulfide) groups is 1. The Balaban J connectivity index is 2.19. The van der Waals surface area contributed by atoms with E-state index in [9.17, 15) is 0 Å². The number of nitrogens with one attached hydrogen (secondary N) is 1. The Morgan fingerprint density at radius 1 is 1.33 bits per heavy atom. The summed E-state index contributed by atoms with van der Waals surface area (Å²) in [4.78, 5) is 4.68. The molecule has 1 aromatic heterocycles. The summed E-state index contributed by atoms with van der Waals surface area (Å²) < 4.78 is 0. The monoisotopic (exact) mass is 283 g/mol. The van der Waals surface area contributed by atoms with Gasteiger partial charge >= 0.3 is 0 Å². The van der Waals surface area contributed by atoms with E-state index in [0.29, 0.717) is 10.7 Å². The van der Waals surface area contributed by atoms with E-state index in [1.165, 1.54) is 31.4 Å². The Labute approximate surface area is 119 Å². The van der Waals surface area contributed by atoms with Crippen LogP contribution in [0.2, 0.25) is 0 Å². The number of unbranched alkanes of at least 4 members (excludes halogenated alkanes) is 3. The standard InChI is InChI=1S/C13H21N3S2/c1-18-10-5-3-2-4-9-15-12-8-6-7-11(16-12)13(14)17/h6-8H,2-5,9-10H2,1H3,(H2,14,17)(H,15,16). The molecule has 0 fully saturated rings. The predicted molar refractivity (Wildman–Crippen MR) is 85.5 cm³/mol. The molecule has 5 heteroatoms. The number of nitrogens with zero attached hydrogens (tertiary/aromatic N) is 1. The molecule has 0 aliphatic heterocycles. The smallest absolute Gasteiger partial charge is 0.126 e. The number of hydrogen-bond acceptors (Lipinski definition) is 4. The van der Waals surface area contributed by atoms with Gasteiger partial charge in [0.1, 0.15) is 10.8 Å². The number of nitrogens with two attached hydrogens (primary N) is 1. The number of rotatable bonds is 9. The third-order valence-corrected chi connectivity index (χ3v) is 3.49. The minimum atomic E-state index is 0.343. The number of hydrogen-bond donors (Lipinski definition) is 2. The SMILES string of the molecule is CSCCCCCCNc1cccc(C(N)=S)n1. The molecule has 0 aliphatic carbocycles. The zero-order chi connectivity index (χ0) is 13.2. The minimum Gasteiger partial charge on any atom is -0.388 e. The normalized spacial score (nSPS) is 10.3. The molecular formula is C13H21N3S2. The molecule has 0 amide bonds. The Kier molecular flexibility index (Phi) is 7.76. The highest BCUT2D eigenvalue weighted by Crippen LogP contribution is 2.07. The lowest BCUT2D eigenvalue weighted by Gasteiger charge is -2.06. The van der Waals surface area contributed by atoms with Gasteiger partial charge in [-0.05, 0) is 37.0 Å². The van der Waals surface area contributed by atoms with Crippen LogP contribution in [0.4, 0.5) is 5.82 Å². The molecule has 0 bridgehead atoms. The van der Waals surface area contributed by atoms with Gasteiger partial charge in [-0.2, -0.15) is 11.8 Å². The van der Waals surface area contributed by atoms with Crippen LogP contribution >= 0.6 is 24.0 Å². The van der Waals surface area contributed by atoms with Gasteiger partial charge in [0, 0.05) is 6.54 Å². The zero-order valence-electron chi connectivity index (χ0n) is 10.8. The van der Waals surface area contributed by atoms with Crippen molar-refractivity contribution in [2.75, 3.05) is 23.9 Å². The maximum Gasteiger partial charge on any atom is 0.126 e. The molecule has 0 unspecified atom stereocenters. The van der Waals surface area contributed by atoms with Crippen molar-refractivity contribution in [2.45, 2.75) is 25.7 Å². The van der Waals surface area contributed by atoms with Crippen LogP contribution in [-0.2, 0) is 0 Å². The highest BCUT2D eigenvalue weighted by atomic mass is 32.2. The van der Waals surface area contributed by atoms with E-state index in [2.05, 4.69) is 16.6 Å². The van der Waals surface area contributed by atoms with Crippen LogP contribution in [0.15, 0.2) is 18.2 Å². The zero-order valence-corrected chi connectivity index (χ0v) is 12.4. The molecule has 3 N–H and O–H groups in total. The van der Waals surface area contributed by atoms with Gasteiger partial charge in [0.2, 0.25) is 0 Å². The summed E-state index contributed by atoms with van der Waals surface area (Å²) in [5.74, 6) is 2.12. The molecule has 3 nitrogen and oxygen atoms in total. The molecule has 0 spiro atoms. The fourth-order valence-corrected chi connectivity index (χ4v) is 2.22. The summed E-state index contributed by atoms with van der Waals surface area (Å²) in [6, 6.07) is 5.69. The van der Waals surface area contributed by atoms with Crippen molar-refractivity contribution in [3.8, 4) is 0 Å². The Bertz CT molecular complexity index is 369. The van der Waals surface area contributed by atoms with Gasteiger partial charge in [-0.25, -0.2) is 4.98 Å². The largest absolute Gasteiger partial charge is 0.388 e. The molecule has 0 atom stereocenters. The maximum absolute atomic E-state index is 5.54. The first-order valence-electron chi connectivity index (χ1n) is 6.23. The fourth-order valence-electron chi connectivity index (χ4n) is 1.61. The van der Waals surface area contributed by atoms with Gasteiger partial charge in [0.25, 0.3) is 0 Å². The van der Waals surface area contributed by atoms with Crippen molar-refractivity contribution in [3.05, 3.63) is 23.9 Å². The average Bonchev–Trinajstić information content (AvgIpc) is 2.38. The molecule has 0 radical (unpaired) electrons. The van der Waals surface area contributed by atoms with Crippen LogP contribution in [0.25, 0.3) is 0 Å². The summed E-state index contributed by atoms with van der Waals surface area (Å²) in [6.45, 7) is 0.951. The lowest BCUT2D eigenvalue weighted by molar-refractivity contribution is 0.688. The van der Waals surface area contributed by atoms with Gasteiger partial charge in [-0.15, -0.1) is 0 Å². The lowest BCUT2D eigenvalue weighted by Crippen LogP contribution is -2.13. The van der Waals surface area contributed by atoms with Crippen molar-refractivity contribution in [1.29, 1.82) is 0 Å². The van der Waals surface area contributed by atoms with Crippen LogP contribution < -0.4 is 11.1 Å². The molecule has 0 aromatic carbocycles. The second-order valence-electron chi connectivity index (χ2n) is 4.11. The fraction of sp³-hybridized carbons (Fsp3) is 0.538. The summed E-state index contributed by atoms with van der Waals surface area (Å²) in [5.41, 5.74) is 6.22. The van der Waals surface area contributed by atoms with Gasteiger partial charge in [0.15, 0.2) is 0 Å². The number of anilines is 1. The molecular weight excluding hydrogens is 262 g/mol. The van der Waals surface area contributed by atoms with Gasteiger partial charge in [-0.1, -0.05) is 31.1 Å². The van der Waals surface area contributed by atoms with E-state index in [4.69, 9.17) is 18.0 Å². The highest BCUT2D eigenvalue weighted by molar-refractivity contribution is 7.98. The molecule has 1 heterocycles. The van der Waals surface area contributed by atoms with E-state index in [0.717, 1.165) is 12.4 Å². The Morgan fingerprint density at radius 3 is 2.83 bits per heavy atom. The molecule has 18 heavy (non-hydrogen) atoms. The van der Waals surface area contributed by atoms with Crippen molar-refractivity contribution in [1.82, 2.24) is 4.98 Å². The number of pyridine rings is 1. The summed E-state index contributed by atoms with van der Waals surface area (Å²) in [7, 11) is 0. The van der Waals surface area contributed by atoms with E-state index >= 15 is 0 Å². The van der Waals surface area contributed by atoms with Crippen LogP contribution in [0.1, 0.15) is 31.4 Å². The second kappa shape index (κ2) is 9.16. The first-order chi connectivity index (χ1) is 8.74. The Hall–Kier alpha value is -0.810. The lowest BCUT2D eigenvalue weighted by atomic mass is 10.2. The van der Waals surface area contributed by atoms with Gasteiger partial charge in [0.05, 0.1) is 5.69 Å². The first-order valence-corrected chi connectivity index (χ1v) is 8.04. The van der Waals surface area contributed by atoms with Crippen molar-refractivity contribution in [2.24, 2.45) is 5.73 Å². The molecule has 0 aliphatic rings. The summed E-state index contributed by atoms with van der Waals surface area (Å²) >= 11 is 6.82. The third-order valence-electron chi connectivity index (χ3n) is 2.58. The van der Waals surface area contributed by atoms with Crippen LogP contribution in [0.3, 0.4) is 0 Å². The van der Waals surface area contributed by atoms with Crippen molar-refractivity contribution >= 4 is 34.8 Å². The quantitative estimate of drug-likeness (QED) is 0.539. The van der Waals surface area contributed by atoms with Crippen LogP contribution in [0.5, 0.6) is 0 Å². The van der Waals surface area contributed by atoms with Gasteiger partial charge in [-0.3, -0.25) is 0 Å². The Morgan fingerprint density at radius 2 is 2.11 bits per heavy atom. The van der Waals surface area contributed by atoms with Crippen molar-refractivity contribution in [3.63, 3.8) is 0 Å². The molecule has 0 saturated carbocycles. The molecule has 0 saturated heterocycles. The third kappa shape index (κ3) is 6.21.